The van der Waals surface area contributed by atoms with Crippen LogP contribution in [-0.2, 0) is 16.0 Å². The van der Waals surface area contributed by atoms with E-state index in [-0.39, 0.29) is 11.5 Å². The molecule has 132 valence electrons. The molecule has 0 aliphatic rings. The molecule has 2 aromatic carbocycles. The largest absolute Gasteiger partial charge is 0.474 e. The van der Waals surface area contributed by atoms with Crippen molar-refractivity contribution in [1.29, 1.82) is 0 Å². The summed E-state index contributed by atoms with van der Waals surface area (Å²) in [6, 6.07) is 12.0. The van der Waals surface area contributed by atoms with Crippen LogP contribution in [0.1, 0.15) is 34.2 Å². The van der Waals surface area contributed by atoms with Crippen LogP contribution in [0.3, 0.4) is 0 Å². The van der Waals surface area contributed by atoms with Crippen molar-refractivity contribution in [2.45, 2.75) is 20.3 Å². The monoisotopic (exact) mass is 351 g/mol. The van der Waals surface area contributed by atoms with E-state index in [0.29, 0.717) is 28.6 Å². The van der Waals surface area contributed by atoms with Gasteiger partial charge in [0.1, 0.15) is 5.58 Å². The van der Waals surface area contributed by atoms with E-state index in [0.717, 1.165) is 11.1 Å². The molecule has 1 aromatic heterocycles. The maximum absolute atomic E-state index is 12.8. The van der Waals surface area contributed by atoms with Crippen LogP contribution in [0.25, 0.3) is 11.0 Å². The van der Waals surface area contributed by atoms with Gasteiger partial charge in [-0.25, -0.2) is 4.79 Å². The highest BCUT2D eigenvalue weighted by atomic mass is 16.4. The number of rotatable bonds is 4. The van der Waals surface area contributed by atoms with E-state index in [1.54, 1.807) is 24.3 Å². The molecule has 3 rings (SSSR count). The van der Waals surface area contributed by atoms with Gasteiger partial charge in [-0.2, -0.15) is 0 Å². The minimum atomic E-state index is -1.57. The summed E-state index contributed by atoms with van der Waals surface area (Å²) in [5.74, 6) is -2.65. The third-order valence-corrected chi connectivity index (χ3v) is 4.12. The number of carbonyl (C=O) groups excluding carboxylic acids is 2. The van der Waals surface area contributed by atoms with Crippen LogP contribution in [-0.4, -0.2) is 22.8 Å². The van der Waals surface area contributed by atoms with Crippen LogP contribution in [0.4, 0.5) is 5.69 Å². The minimum absolute atomic E-state index is 0.214. The number of anilines is 1. The van der Waals surface area contributed by atoms with Gasteiger partial charge >= 0.3 is 11.9 Å². The van der Waals surface area contributed by atoms with Crippen molar-refractivity contribution >= 4 is 34.3 Å². The molecule has 0 saturated carbocycles. The molecule has 3 aromatic rings. The summed E-state index contributed by atoms with van der Waals surface area (Å²) in [6.07, 6.45) is 0.552. The molecule has 6 nitrogen and oxygen atoms in total. The summed E-state index contributed by atoms with van der Waals surface area (Å²) in [5, 5.41) is 11.7. The number of hydrogen-bond acceptors (Lipinski definition) is 4. The van der Waals surface area contributed by atoms with Crippen molar-refractivity contribution in [1.82, 2.24) is 0 Å². The van der Waals surface area contributed by atoms with Crippen molar-refractivity contribution in [2.75, 3.05) is 5.32 Å². The lowest BCUT2D eigenvalue weighted by Crippen LogP contribution is -2.21. The number of carbonyl (C=O) groups is 3. The van der Waals surface area contributed by atoms with Gasteiger partial charge in [0, 0.05) is 22.2 Å². The van der Waals surface area contributed by atoms with Gasteiger partial charge in [0.15, 0.2) is 5.76 Å². The van der Waals surface area contributed by atoms with E-state index in [1.807, 2.05) is 26.0 Å². The van der Waals surface area contributed by atoms with Crippen LogP contribution in [0.15, 0.2) is 46.9 Å². The van der Waals surface area contributed by atoms with Crippen LogP contribution in [0.5, 0.6) is 0 Å². The lowest BCUT2D eigenvalue weighted by molar-refractivity contribution is -0.147. The van der Waals surface area contributed by atoms with Gasteiger partial charge < -0.3 is 14.8 Å². The average Bonchev–Trinajstić information content (AvgIpc) is 2.99. The Balaban J connectivity index is 2.04. The Bertz CT molecular complexity index is 1010. The number of aliphatic carboxylic acids is 1. The first-order valence-electron chi connectivity index (χ1n) is 8.11. The van der Waals surface area contributed by atoms with Crippen molar-refractivity contribution in [3.8, 4) is 0 Å². The normalized spacial score (nSPS) is 10.7. The zero-order valence-corrected chi connectivity index (χ0v) is 14.3. The van der Waals surface area contributed by atoms with Crippen LogP contribution in [0.2, 0.25) is 0 Å². The average molecular weight is 351 g/mol. The van der Waals surface area contributed by atoms with E-state index in [2.05, 4.69) is 5.32 Å². The second kappa shape index (κ2) is 6.84. The van der Waals surface area contributed by atoms with E-state index < -0.39 is 11.9 Å². The molecule has 0 radical (unpaired) electrons. The van der Waals surface area contributed by atoms with E-state index in [4.69, 9.17) is 9.52 Å². The molecule has 1 amide bonds. The number of benzene rings is 2. The molecule has 0 fully saturated rings. The number of nitrogens with one attached hydrogen (secondary N) is 1. The Morgan fingerprint density at radius 1 is 1.08 bits per heavy atom. The standard InChI is InChI=1S/C20H17NO5/c1-3-14-15-10-13(21-19(23)20(24)25)8-9-16(15)26-18(14)17(22)12-6-4-11(2)5-7-12/h4-10H,3H2,1-2H3,(H,21,23)(H,24,25). The zero-order chi connectivity index (χ0) is 18.8. The van der Waals surface area contributed by atoms with Crippen LogP contribution < -0.4 is 5.32 Å². The van der Waals surface area contributed by atoms with Gasteiger partial charge in [0.25, 0.3) is 0 Å². The molecule has 0 unspecified atom stereocenters. The molecule has 0 saturated heterocycles. The Morgan fingerprint density at radius 3 is 2.38 bits per heavy atom. The fourth-order valence-electron chi connectivity index (χ4n) is 2.78. The number of amides is 1. The highest BCUT2D eigenvalue weighted by molar-refractivity contribution is 6.36. The highest BCUT2D eigenvalue weighted by Gasteiger charge is 2.21. The molecule has 0 aliphatic carbocycles. The van der Waals surface area contributed by atoms with E-state index in [1.165, 1.54) is 6.07 Å². The molecule has 0 spiro atoms. The molecule has 6 heteroatoms. The summed E-state index contributed by atoms with van der Waals surface area (Å²) in [7, 11) is 0. The van der Waals surface area contributed by atoms with Gasteiger partial charge in [-0.1, -0.05) is 36.8 Å². The molecule has 0 atom stereocenters. The Kier molecular flexibility index (Phi) is 4.58. The number of hydrogen-bond donors (Lipinski definition) is 2. The highest BCUT2D eigenvalue weighted by Crippen LogP contribution is 2.30. The van der Waals surface area contributed by atoms with Crippen molar-refractivity contribution in [3.05, 3.63) is 64.9 Å². The minimum Gasteiger partial charge on any atom is -0.474 e. The van der Waals surface area contributed by atoms with Crippen molar-refractivity contribution < 1.29 is 23.9 Å². The summed E-state index contributed by atoms with van der Waals surface area (Å²) in [6.45, 7) is 3.85. The molecule has 0 bridgehead atoms. The second-order valence-electron chi connectivity index (χ2n) is 5.93. The third kappa shape index (κ3) is 3.21. The molecule has 1 heterocycles. The summed E-state index contributed by atoms with van der Waals surface area (Å²) in [5.41, 5.74) is 3.14. The maximum Gasteiger partial charge on any atom is 0.394 e. The van der Waals surface area contributed by atoms with Crippen molar-refractivity contribution in [3.63, 3.8) is 0 Å². The molecular weight excluding hydrogens is 334 g/mol. The predicted molar refractivity (Wildman–Crippen MR) is 96.5 cm³/mol. The fourth-order valence-corrected chi connectivity index (χ4v) is 2.78. The lowest BCUT2D eigenvalue weighted by Gasteiger charge is -2.03. The topological polar surface area (TPSA) is 96.6 Å². The fraction of sp³-hybridized carbons (Fsp3) is 0.150. The third-order valence-electron chi connectivity index (χ3n) is 4.12. The summed E-state index contributed by atoms with van der Waals surface area (Å²) in [4.78, 5) is 34.8. The first-order chi connectivity index (χ1) is 12.4. The number of furan rings is 1. The summed E-state index contributed by atoms with van der Waals surface area (Å²) >= 11 is 0. The SMILES string of the molecule is CCc1c(C(=O)c2ccc(C)cc2)oc2ccc(NC(=O)C(=O)O)cc12. The number of aryl methyl sites for hydroxylation is 2. The Labute approximate surface area is 149 Å². The van der Waals surface area contributed by atoms with Crippen molar-refractivity contribution in [2.24, 2.45) is 0 Å². The quantitative estimate of drug-likeness (QED) is 0.553. The molecule has 0 aliphatic heterocycles. The molecule has 2 N–H and O–H groups in total. The smallest absolute Gasteiger partial charge is 0.394 e. The van der Waals surface area contributed by atoms with E-state index in [9.17, 15) is 14.4 Å². The molecular formula is C20H17NO5. The Morgan fingerprint density at radius 2 is 1.77 bits per heavy atom. The van der Waals surface area contributed by atoms with Crippen LogP contribution >= 0.6 is 0 Å². The number of carboxylic acids is 1. The number of fused-ring (bicyclic) bond motifs is 1. The second-order valence-corrected chi connectivity index (χ2v) is 5.93. The Hall–Kier alpha value is -3.41. The maximum atomic E-state index is 12.8. The predicted octanol–water partition coefficient (Wildman–Crippen LogP) is 3.56. The van der Waals surface area contributed by atoms with Gasteiger partial charge in [-0.05, 0) is 31.5 Å². The van der Waals surface area contributed by atoms with Gasteiger partial charge in [-0.3, -0.25) is 9.59 Å². The zero-order valence-electron chi connectivity index (χ0n) is 14.3. The lowest BCUT2D eigenvalue weighted by atomic mass is 10.0. The van der Waals surface area contributed by atoms with Gasteiger partial charge in [0.05, 0.1) is 0 Å². The van der Waals surface area contributed by atoms with Crippen LogP contribution in [0, 0.1) is 6.92 Å². The molecule has 26 heavy (non-hydrogen) atoms. The first kappa shape index (κ1) is 17.4. The van der Waals surface area contributed by atoms with Gasteiger partial charge in [-0.15, -0.1) is 0 Å². The first-order valence-corrected chi connectivity index (χ1v) is 8.11. The van der Waals surface area contributed by atoms with Gasteiger partial charge in [0.2, 0.25) is 5.78 Å². The number of carboxylic acid groups (broad SMARTS) is 1. The summed E-state index contributed by atoms with van der Waals surface area (Å²) < 4.78 is 5.77. The number of ketones is 1. The van der Waals surface area contributed by atoms with E-state index >= 15 is 0 Å².